The number of hydrogen-bond donors (Lipinski definition) is 3. The monoisotopic (exact) mass is 378 g/mol. The van der Waals surface area contributed by atoms with Gasteiger partial charge in [-0.3, -0.25) is 4.79 Å². The Morgan fingerprint density at radius 2 is 1.64 bits per heavy atom. The maximum absolute atomic E-state index is 12.5. The predicted octanol–water partition coefficient (Wildman–Crippen LogP) is 3.43. The number of carbonyl (C=O) groups is 2. The molecule has 0 saturated carbocycles. The lowest BCUT2D eigenvalue weighted by molar-refractivity contribution is -0.123. The number of ether oxygens (including phenoxy) is 1. The smallest absolute Gasteiger partial charge is 0.341 e. The van der Waals surface area contributed by atoms with E-state index in [1.54, 1.807) is 24.3 Å². The highest BCUT2D eigenvalue weighted by Crippen LogP contribution is 2.23. The molecule has 1 atom stereocenters. The van der Waals surface area contributed by atoms with Gasteiger partial charge in [-0.1, -0.05) is 48.5 Å². The normalized spacial score (nSPS) is 11.6. The molecule has 3 aromatic rings. The number of aliphatic hydroxyl groups is 1. The van der Waals surface area contributed by atoms with E-state index in [1.807, 2.05) is 42.5 Å². The molecule has 0 aliphatic rings. The zero-order chi connectivity index (χ0) is 19.9. The van der Waals surface area contributed by atoms with Crippen LogP contribution >= 0.6 is 0 Å². The second-order valence-corrected chi connectivity index (χ2v) is 6.26. The van der Waals surface area contributed by atoms with Crippen LogP contribution in [0.3, 0.4) is 0 Å². The number of aliphatic hydroxyl groups excluding tert-OH is 1. The van der Waals surface area contributed by atoms with Crippen LogP contribution < -0.4 is 10.6 Å². The molecule has 3 aromatic carbocycles. The number of anilines is 2. The molecule has 0 heterocycles. The third kappa shape index (κ3) is 4.47. The van der Waals surface area contributed by atoms with Gasteiger partial charge in [-0.25, -0.2) is 4.79 Å². The fourth-order valence-corrected chi connectivity index (χ4v) is 2.85. The number of rotatable bonds is 7. The molecule has 1 unspecified atom stereocenters. The highest BCUT2D eigenvalue weighted by Gasteiger charge is 2.21. The second-order valence-electron chi connectivity index (χ2n) is 6.26. The summed E-state index contributed by atoms with van der Waals surface area (Å²) in [7, 11) is 0. The van der Waals surface area contributed by atoms with E-state index in [4.69, 9.17) is 9.84 Å². The van der Waals surface area contributed by atoms with Gasteiger partial charge in [0.15, 0.2) is 6.10 Å². The van der Waals surface area contributed by atoms with Gasteiger partial charge >= 0.3 is 5.97 Å². The Labute approximate surface area is 163 Å². The lowest BCUT2D eigenvalue weighted by atomic mass is 10.1. The minimum absolute atomic E-state index is 0.0623. The molecule has 0 spiro atoms. The Morgan fingerprint density at radius 3 is 2.46 bits per heavy atom. The lowest BCUT2D eigenvalue weighted by Gasteiger charge is -2.16. The summed E-state index contributed by atoms with van der Waals surface area (Å²) in [6, 6.07) is 20.2. The Bertz CT molecular complexity index is 982. The van der Waals surface area contributed by atoms with Crippen molar-refractivity contribution < 1.29 is 19.4 Å². The summed E-state index contributed by atoms with van der Waals surface area (Å²) >= 11 is 0. The third-order valence-corrected chi connectivity index (χ3v) is 4.27. The van der Waals surface area contributed by atoms with E-state index in [-0.39, 0.29) is 6.61 Å². The van der Waals surface area contributed by atoms with Crippen molar-refractivity contribution in [3.05, 3.63) is 72.3 Å². The van der Waals surface area contributed by atoms with Crippen LogP contribution in [-0.4, -0.2) is 36.2 Å². The van der Waals surface area contributed by atoms with Crippen molar-refractivity contribution in [3.8, 4) is 0 Å². The topological polar surface area (TPSA) is 87.7 Å². The summed E-state index contributed by atoms with van der Waals surface area (Å²) in [4.78, 5) is 25.0. The van der Waals surface area contributed by atoms with Crippen molar-refractivity contribution in [2.45, 2.75) is 13.0 Å². The van der Waals surface area contributed by atoms with E-state index >= 15 is 0 Å². The molecule has 0 aliphatic carbocycles. The van der Waals surface area contributed by atoms with Crippen molar-refractivity contribution in [2.75, 3.05) is 23.8 Å². The van der Waals surface area contributed by atoms with Crippen LogP contribution in [0.4, 0.5) is 11.4 Å². The average molecular weight is 378 g/mol. The average Bonchev–Trinajstić information content (AvgIpc) is 2.72. The Kier molecular flexibility index (Phi) is 6.24. The first-order valence-electron chi connectivity index (χ1n) is 9.03. The fraction of sp³-hybridized carbons (Fsp3) is 0.182. The zero-order valence-corrected chi connectivity index (χ0v) is 15.5. The van der Waals surface area contributed by atoms with Crippen molar-refractivity contribution >= 4 is 34.0 Å². The summed E-state index contributed by atoms with van der Waals surface area (Å²) in [6.45, 7) is 1.77. The van der Waals surface area contributed by atoms with Crippen LogP contribution in [0.25, 0.3) is 10.8 Å². The summed E-state index contributed by atoms with van der Waals surface area (Å²) in [6.07, 6.45) is -0.975. The molecule has 3 N–H and O–H groups in total. The Balaban J connectivity index is 1.70. The Morgan fingerprint density at radius 1 is 0.964 bits per heavy atom. The van der Waals surface area contributed by atoms with Gasteiger partial charge < -0.3 is 20.5 Å². The van der Waals surface area contributed by atoms with Crippen molar-refractivity contribution in [2.24, 2.45) is 0 Å². The van der Waals surface area contributed by atoms with Gasteiger partial charge in [0.25, 0.3) is 5.91 Å². The first-order valence-corrected chi connectivity index (χ1v) is 9.03. The maximum Gasteiger partial charge on any atom is 0.341 e. The van der Waals surface area contributed by atoms with Gasteiger partial charge in [0.05, 0.1) is 12.2 Å². The maximum atomic E-state index is 12.5. The zero-order valence-electron chi connectivity index (χ0n) is 15.5. The van der Waals surface area contributed by atoms with Crippen LogP contribution in [-0.2, 0) is 9.53 Å². The number of para-hydroxylation sites is 1. The van der Waals surface area contributed by atoms with Crippen molar-refractivity contribution in [3.63, 3.8) is 0 Å². The molecule has 0 saturated heterocycles. The number of esters is 1. The van der Waals surface area contributed by atoms with Crippen LogP contribution in [0.5, 0.6) is 0 Å². The van der Waals surface area contributed by atoms with E-state index in [9.17, 15) is 9.59 Å². The van der Waals surface area contributed by atoms with E-state index in [2.05, 4.69) is 10.6 Å². The molecular weight excluding hydrogens is 356 g/mol. The van der Waals surface area contributed by atoms with E-state index in [0.29, 0.717) is 23.5 Å². The number of fused-ring (bicyclic) bond motifs is 1. The van der Waals surface area contributed by atoms with Crippen LogP contribution in [0.2, 0.25) is 0 Å². The lowest BCUT2D eigenvalue weighted by Crippen LogP contribution is -2.30. The number of nitrogens with one attached hydrogen (secondary N) is 2. The van der Waals surface area contributed by atoms with E-state index < -0.39 is 18.0 Å². The van der Waals surface area contributed by atoms with Crippen LogP contribution in [0, 0.1) is 0 Å². The summed E-state index contributed by atoms with van der Waals surface area (Å²) < 4.78 is 5.35. The molecule has 3 rings (SSSR count). The summed E-state index contributed by atoms with van der Waals surface area (Å²) in [5.41, 5.74) is 1.51. The molecule has 0 bridgehead atoms. The van der Waals surface area contributed by atoms with Crippen molar-refractivity contribution in [1.29, 1.82) is 0 Å². The number of hydrogen-bond acceptors (Lipinski definition) is 5. The van der Waals surface area contributed by atoms with Crippen LogP contribution in [0.1, 0.15) is 17.3 Å². The third-order valence-electron chi connectivity index (χ3n) is 4.27. The molecule has 6 heteroatoms. The fourth-order valence-electron chi connectivity index (χ4n) is 2.85. The first kappa shape index (κ1) is 19.4. The molecule has 0 radical (unpaired) electrons. The van der Waals surface area contributed by atoms with Gasteiger partial charge in [0.1, 0.15) is 0 Å². The van der Waals surface area contributed by atoms with Crippen LogP contribution in [0.15, 0.2) is 66.7 Å². The number of carbonyl (C=O) groups excluding carboxylic acids is 2. The largest absolute Gasteiger partial charge is 0.449 e. The number of benzene rings is 3. The minimum atomic E-state index is -0.975. The van der Waals surface area contributed by atoms with Gasteiger partial charge in [0, 0.05) is 23.3 Å². The predicted molar refractivity (Wildman–Crippen MR) is 109 cm³/mol. The van der Waals surface area contributed by atoms with Gasteiger partial charge in [0.2, 0.25) is 0 Å². The molecule has 0 aromatic heterocycles. The molecule has 6 nitrogen and oxygen atoms in total. The molecule has 28 heavy (non-hydrogen) atoms. The van der Waals surface area contributed by atoms with Gasteiger partial charge in [-0.05, 0) is 30.5 Å². The van der Waals surface area contributed by atoms with Gasteiger partial charge in [-0.15, -0.1) is 0 Å². The molecule has 144 valence electrons. The summed E-state index contributed by atoms with van der Waals surface area (Å²) in [5, 5.41) is 16.7. The summed E-state index contributed by atoms with van der Waals surface area (Å²) in [5.74, 6) is -1.02. The molecular formula is C22H22N2O4. The standard InChI is InChI=1S/C22H22N2O4/c1-15(28-22(27)18-10-4-5-11-19(18)23-13-14-25)21(26)24-20-12-6-8-16-7-2-3-9-17(16)20/h2-12,15,23,25H,13-14H2,1H3,(H,24,26). The van der Waals surface area contributed by atoms with Crippen molar-refractivity contribution in [1.82, 2.24) is 0 Å². The molecule has 0 aliphatic heterocycles. The second kappa shape index (κ2) is 9.01. The highest BCUT2D eigenvalue weighted by atomic mass is 16.5. The first-order chi connectivity index (χ1) is 13.6. The van der Waals surface area contributed by atoms with E-state index in [1.165, 1.54) is 6.92 Å². The Hall–Kier alpha value is -3.38. The number of amides is 1. The molecule has 1 amide bonds. The molecule has 0 fully saturated rings. The van der Waals surface area contributed by atoms with Gasteiger partial charge in [-0.2, -0.15) is 0 Å². The SMILES string of the molecule is CC(OC(=O)c1ccccc1NCCO)C(=O)Nc1cccc2ccccc12. The quantitative estimate of drug-likeness (QED) is 0.548. The van der Waals surface area contributed by atoms with E-state index in [0.717, 1.165) is 10.8 Å². The minimum Gasteiger partial charge on any atom is -0.449 e. The highest BCUT2D eigenvalue weighted by molar-refractivity contribution is 6.04.